The van der Waals surface area contributed by atoms with Crippen LogP contribution in [-0.2, 0) is 30.9 Å². The molecule has 0 bridgehead atoms. The number of alkyl halides is 2. The Kier molecular flexibility index (Phi) is 16.2. The number of anilines is 4. The normalized spacial score (nSPS) is 12.1. The van der Waals surface area contributed by atoms with E-state index in [4.69, 9.17) is 46.4 Å². The van der Waals surface area contributed by atoms with E-state index in [-0.39, 0.29) is 38.2 Å². The molecule has 0 saturated heterocycles. The molecule has 14 nitrogen and oxygen atoms in total. The monoisotopic (exact) mass is 914 g/mol. The van der Waals surface area contributed by atoms with Crippen molar-refractivity contribution in [3.8, 4) is 0 Å². The lowest BCUT2D eigenvalue weighted by Gasteiger charge is -2.17. The van der Waals surface area contributed by atoms with E-state index in [2.05, 4.69) is 41.7 Å². The summed E-state index contributed by atoms with van der Waals surface area (Å²) in [6.45, 7) is 5.67. The van der Waals surface area contributed by atoms with Gasteiger partial charge in [-0.25, -0.2) is 0 Å². The largest absolute Gasteiger partial charge is 0.324 e. The standard InChI is InChI=1S/C44H38Cl4N8O6/c1-23-19-31(51-43(61)39(25(3)57)55-53-34-9-5-7-32(36(34)47)41(59)49-29-15-11-27(21-45)12-16-29)20-24(2)38(23)52-44(62)40(26(4)58)56-54-35-10-6-8-33(37(35)48)42(60)50-30-17-13-28(22-46)14-18-30/h5-20,39-40H,21-22H2,1-4H3,(H,49,59)(H,50,60)(H,51,61)(H,52,62). The highest BCUT2D eigenvalue weighted by Gasteiger charge is 2.27. The van der Waals surface area contributed by atoms with Crippen molar-refractivity contribution in [3.63, 3.8) is 0 Å². The molecule has 5 aromatic carbocycles. The van der Waals surface area contributed by atoms with Crippen LogP contribution in [0.1, 0.15) is 56.8 Å². The minimum Gasteiger partial charge on any atom is -0.324 e. The lowest BCUT2D eigenvalue weighted by atomic mass is 10.1. The Hall–Kier alpha value is -6.32. The van der Waals surface area contributed by atoms with Crippen LogP contribution in [0.3, 0.4) is 0 Å². The molecule has 5 rings (SSSR count). The first-order valence-corrected chi connectivity index (χ1v) is 20.5. The SMILES string of the molecule is CC(=O)C(N=Nc1cccc(C(=O)Nc2ccc(CCl)cc2)c1Cl)C(=O)Nc1cc(C)c(NC(=O)C(N=Nc2cccc(C(=O)Nc3ccc(CCl)cc3)c2Cl)C(C)=O)c(C)c1. The summed E-state index contributed by atoms with van der Waals surface area (Å²) < 4.78 is 0. The van der Waals surface area contributed by atoms with Crippen molar-refractivity contribution in [1.29, 1.82) is 0 Å². The third kappa shape index (κ3) is 11.9. The number of amides is 4. The van der Waals surface area contributed by atoms with Gasteiger partial charge < -0.3 is 21.3 Å². The second-order valence-corrected chi connectivity index (χ2v) is 15.1. The Bertz CT molecular complexity index is 2580. The highest BCUT2D eigenvalue weighted by Crippen LogP contribution is 2.32. The molecule has 0 spiro atoms. The summed E-state index contributed by atoms with van der Waals surface area (Å²) in [6.07, 6.45) is 0. The van der Waals surface area contributed by atoms with Gasteiger partial charge in [0.15, 0.2) is 11.6 Å². The molecular weight excluding hydrogens is 878 g/mol. The van der Waals surface area contributed by atoms with E-state index in [9.17, 15) is 28.8 Å². The first-order chi connectivity index (χ1) is 29.6. The zero-order valence-corrected chi connectivity index (χ0v) is 36.6. The van der Waals surface area contributed by atoms with Crippen LogP contribution in [0.15, 0.2) is 118 Å². The number of nitrogens with zero attached hydrogens (tertiary/aromatic N) is 4. The Morgan fingerprint density at radius 2 is 0.919 bits per heavy atom. The van der Waals surface area contributed by atoms with Crippen molar-refractivity contribution in [2.75, 3.05) is 21.3 Å². The Labute approximate surface area is 376 Å². The minimum atomic E-state index is -1.58. The topological polar surface area (TPSA) is 200 Å². The van der Waals surface area contributed by atoms with Crippen LogP contribution in [0.25, 0.3) is 0 Å². The number of benzene rings is 5. The van der Waals surface area contributed by atoms with Crippen molar-refractivity contribution in [2.24, 2.45) is 20.5 Å². The molecule has 62 heavy (non-hydrogen) atoms. The molecule has 0 saturated carbocycles. The molecule has 0 aliphatic rings. The lowest BCUT2D eigenvalue weighted by molar-refractivity contribution is -0.127. The van der Waals surface area contributed by atoms with Gasteiger partial charge in [0.05, 0.1) is 21.2 Å². The fourth-order valence-corrected chi connectivity index (χ4v) is 6.66. The molecule has 2 atom stereocenters. The van der Waals surface area contributed by atoms with Crippen molar-refractivity contribution < 1.29 is 28.8 Å². The fourth-order valence-electron chi connectivity index (χ4n) is 5.81. The van der Waals surface area contributed by atoms with E-state index in [1.807, 2.05) is 0 Å². The van der Waals surface area contributed by atoms with Crippen LogP contribution in [0.5, 0.6) is 0 Å². The van der Waals surface area contributed by atoms with Crippen molar-refractivity contribution in [2.45, 2.75) is 51.5 Å². The number of hydrogen-bond donors (Lipinski definition) is 4. The number of azo groups is 2. The number of carbonyl (C=O) groups excluding carboxylic acids is 6. The zero-order chi connectivity index (χ0) is 45.1. The van der Waals surface area contributed by atoms with Gasteiger partial charge in [0.1, 0.15) is 11.4 Å². The van der Waals surface area contributed by atoms with Gasteiger partial charge in [-0.1, -0.05) is 59.6 Å². The summed E-state index contributed by atoms with van der Waals surface area (Å²) in [5, 5.41) is 26.8. The highest BCUT2D eigenvalue weighted by molar-refractivity contribution is 6.37. The molecule has 5 aromatic rings. The molecule has 0 heterocycles. The number of hydrogen-bond acceptors (Lipinski definition) is 10. The van der Waals surface area contributed by atoms with Gasteiger partial charge in [-0.15, -0.1) is 23.2 Å². The van der Waals surface area contributed by atoms with Crippen molar-refractivity contribution >= 4 is 116 Å². The van der Waals surface area contributed by atoms with Crippen LogP contribution in [-0.4, -0.2) is 47.3 Å². The van der Waals surface area contributed by atoms with Gasteiger partial charge in [0, 0.05) is 34.5 Å². The predicted octanol–water partition coefficient (Wildman–Crippen LogP) is 11.0. The first-order valence-electron chi connectivity index (χ1n) is 18.6. The van der Waals surface area contributed by atoms with Gasteiger partial charge in [-0.3, -0.25) is 28.8 Å². The van der Waals surface area contributed by atoms with E-state index in [0.29, 0.717) is 39.9 Å². The van der Waals surface area contributed by atoms with Gasteiger partial charge >= 0.3 is 0 Å². The smallest absolute Gasteiger partial charge is 0.258 e. The first kappa shape index (κ1) is 46.7. The highest BCUT2D eigenvalue weighted by atomic mass is 35.5. The average molecular weight is 917 g/mol. The zero-order valence-electron chi connectivity index (χ0n) is 33.6. The number of ketones is 2. The van der Waals surface area contributed by atoms with Crippen LogP contribution < -0.4 is 21.3 Å². The molecule has 0 radical (unpaired) electrons. The molecule has 318 valence electrons. The Morgan fingerprint density at radius 3 is 1.29 bits per heavy atom. The summed E-state index contributed by atoms with van der Waals surface area (Å²) in [7, 11) is 0. The maximum absolute atomic E-state index is 13.4. The molecule has 0 fully saturated rings. The van der Waals surface area contributed by atoms with E-state index < -0.39 is 47.3 Å². The quantitative estimate of drug-likeness (QED) is 0.0431. The average Bonchev–Trinajstić information content (AvgIpc) is 3.23. The summed E-state index contributed by atoms with van der Waals surface area (Å²) in [4.78, 5) is 78.0. The van der Waals surface area contributed by atoms with E-state index in [1.54, 1.807) is 74.5 Å². The maximum Gasteiger partial charge on any atom is 0.258 e. The summed E-state index contributed by atoms with van der Waals surface area (Å²) in [5.41, 5.74) is 4.66. The number of nitrogens with one attached hydrogen (secondary N) is 4. The minimum absolute atomic E-state index is 0.0459. The summed E-state index contributed by atoms with van der Waals surface area (Å²) in [6, 6.07) is 22.8. The molecule has 18 heteroatoms. The number of aryl methyl sites for hydroxylation is 2. The Morgan fingerprint density at radius 1 is 0.532 bits per heavy atom. The van der Waals surface area contributed by atoms with Gasteiger partial charge in [0.2, 0.25) is 12.1 Å². The molecule has 0 aliphatic carbocycles. The van der Waals surface area contributed by atoms with Crippen LogP contribution in [0, 0.1) is 13.8 Å². The van der Waals surface area contributed by atoms with Crippen LogP contribution >= 0.6 is 46.4 Å². The Balaban J connectivity index is 1.25. The van der Waals surface area contributed by atoms with Crippen molar-refractivity contribution in [3.05, 3.63) is 140 Å². The second kappa shape index (κ2) is 21.5. The molecule has 0 aromatic heterocycles. The molecule has 4 N–H and O–H groups in total. The van der Waals surface area contributed by atoms with Crippen molar-refractivity contribution in [1.82, 2.24) is 0 Å². The molecular formula is C44H38Cl4N8O6. The molecule has 2 unspecified atom stereocenters. The fraction of sp³-hybridized carbons (Fsp3) is 0.182. The van der Waals surface area contributed by atoms with E-state index in [1.165, 1.54) is 50.2 Å². The molecule has 0 aliphatic heterocycles. The summed E-state index contributed by atoms with van der Waals surface area (Å²) >= 11 is 24.7. The van der Waals surface area contributed by atoms with Gasteiger partial charge in [-0.2, -0.15) is 20.5 Å². The van der Waals surface area contributed by atoms with E-state index in [0.717, 1.165) is 11.1 Å². The lowest BCUT2D eigenvalue weighted by Crippen LogP contribution is -2.33. The predicted molar refractivity (Wildman–Crippen MR) is 242 cm³/mol. The van der Waals surface area contributed by atoms with Crippen LogP contribution in [0.4, 0.5) is 34.1 Å². The third-order valence-corrected chi connectivity index (χ3v) is 10.5. The maximum atomic E-state index is 13.4. The van der Waals surface area contributed by atoms with Gasteiger partial charge in [0.25, 0.3) is 23.6 Å². The second-order valence-electron chi connectivity index (χ2n) is 13.8. The third-order valence-electron chi connectivity index (χ3n) is 9.06. The number of carbonyl (C=O) groups is 6. The van der Waals surface area contributed by atoms with E-state index >= 15 is 0 Å². The number of halogens is 4. The number of Topliss-reactive ketones (excluding diaryl/α,β-unsaturated/α-hetero) is 2. The summed E-state index contributed by atoms with van der Waals surface area (Å²) in [5.74, 6) is -3.23. The molecule has 4 amide bonds. The number of rotatable bonds is 16. The van der Waals surface area contributed by atoms with Gasteiger partial charge in [-0.05, 0) is 111 Å². The van der Waals surface area contributed by atoms with Crippen LogP contribution in [0.2, 0.25) is 10.0 Å².